The summed E-state index contributed by atoms with van der Waals surface area (Å²) in [5.74, 6) is 0.459. The van der Waals surface area contributed by atoms with E-state index >= 15 is 0 Å². The number of nitrogens with zero attached hydrogens (tertiary/aromatic N) is 1. The number of para-hydroxylation sites is 1. The molecule has 0 radical (unpaired) electrons. The summed E-state index contributed by atoms with van der Waals surface area (Å²) in [5, 5.41) is 13.9. The minimum absolute atomic E-state index is 0.000407. The van der Waals surface area contributed by atoms with E-state index in [2.05, 4.69) is 83.2 Å². The van der Waals surface area contributed by atoms with Gasteiger partial charge in [-0.3, -0.25) is 9.59 Å². The van der Waals surface area contributed by atoms with Crippen molar-refractivity contribution < 1.29 is 28.9 Å². The van der Waals surface area contributed by atoms with Crippen molar-refractivity contribution in [2.75, 3.05) is 20.3 Å². The Bertz CT molecular complexity index is 1830. The molecule has 1 aromatic heterocycles. The molecule has 7 rings (SSSR count). The molecule has 5 aliphatic rings. The summed E-state index contributed by atoms with van der Waals surface area (Å²) in [5.41, 5.74) is 8.11. The third-order valence-electron chi connectivity index (χ3n) is 18.0. The third kappa shape index (κ3) is 7.55. The number of benzene rings is 1. The maximum Gasteiger partial charge on any atom is 0.312 e. The molecule has 8 nitrogen and oxygen atoms in total. The van der Waals surface area contributed by atoms with Gasteiger partial charge in [0.1, 0.15) is 0 Å². The lowest BCUT2D eigenvalue weighted by molar-refractivity contribution is -0.255. The first-order valence-corrected chi connectivity index (χ1v) is 23.6. The van der Waals surface area contributed by atoms with E-state index in [1.807, 2.05) is 0 Å². The Morgan fingerprint density at radius 3 is 2.32 bits per heavy atom. The van der Waals surface area contributed by atoms with Gasteiger partial charge >= 0.3 is 11.9 Å². The van der Waals surface area contributed by atoms with E-state index in [1.54, 1.807) is 0 Å². The maximum atomic E-state index is 14.5. The van der Waals surface area contributed by atoms with Gasteiger partial charge in [0.2, 0.25) is 0 Å². The topological polar surface area (TPSA) is 113 Å². The number of rotatable bonds is 17. The van der Waals surface area contributed by atoms with E-state index in [9.17, 15) is 14.7 Å². The molecule has 0 spiro atoms. The van der Waals surface area contributed by atoms with E-state index in [4.69, 9.17) is 19.9 Å². The molecule has 328 valence electrons. The van der Waals surface area contributed by atoms with Gasteiger partial charge in [0.05, 0.1) is 43.4 Å². The van der Waals surface area contributed by atoms with Crippen molar-refractivity contribution in [1.82, 2.24) is 4.57 Å². The number of unbranched alkanes of at least 4 members (excludes halogenated alkanes) is 7. The molecule has 1 saturated heterocycles. The van der Waals surface area contributed by atoms with Crippen LogP contribution in [0.1, 0.15) is 150 Å². The summed E-state index contributed by atoms with van der Waals surface area (Å²) in [4.78, 5) is 27.3. The zero-order valence-electron chi connectivity index (χ0n) is 37.8. The van der Waals surface area contributed by atoms with Gasteiger partial charge in [0.15, 0.2) is 0 Å². The monoisotopic (exact) mass is 815 g/mol. The molecule has 4 saturated carbocycles. The van der Waals surface area contributed by atoms with Crippen LogP contribution in [-0.4, -0.2) is 59.7 Å². The number of aliphatic hydroxyl groups excluding tert-OH is 1. The van der Waals surface area contributed by atoms with Crippen molar-refractivity contribution in [3.8, 4) is 0 Å². The fraction of sp³-hybridized carbons (Fsp3) is 0.765. The van der Waals surface area contributed by atoms with E-state index in [0.717, 1.165) is 69.9 Å². The van der Waals surface area contributed by atoms with E-state index in [1.165, 1.54) is 62.1 Å². The average molecular weight is 815 g/mol. The number of carbonyl (C=O) groups is 2. The van der Waals surface area contributed by atoms with Crippen LogP contribution in [0, 0.1) is 51.2 Å². The number of esters is 2. The molecule has 5 fully saturated rings. The van der Waals surface area contributed by atoms with Crippen molar-refractivity contribution in [2.45, 2.75) is 175 Å². The van der Waals surface area contributed by atoms with Crippen molar-refractivity contribution in [3.05, 3.63) is 48.2 Å². The Hall–Kier alpha value is -2.68. The number of allylic oxidation sites excluding steroid dienone is 1. The highest BCUT2D eigenvalue weighted by molar-refractivity contribution is 5.84. The fourth-order valence-electron chi connectivity index (χ4n) is 15.1. The first-order chi connectivity index (χ1) is 28.1. The van der Waals surface area contributed by atoms with Gasteiger partial charge in [-0.1, -0.05) is 89.6 Å². The lowest BCUT2D eigenvalue weighted by Crippen LogP contribution is -2.69. The zero-order valence-corrected chi connectivity index (χ0v) is 37.8. The van der Waals surface area contributed by atoms with E-state index in [0.29, 0.717) is 19.6 Å². The number of nitrogens with two attached hydrogens (primary N) is 1. The number of aromatic nitrogens is 1. The number of hydrogen-bond donors (Lipinski definition) is 2. The quantitative estimate of drug-likeness (QED) is 0.0929. The number of aryl methyl sites for hydroxylation is 1. The molecule has 8 heteroatoms. The normalized spacial score (nSPS) is 37.0. The third-order valence-corrected chi connectivity index (χ3v) is 18.0. The summed E-state index contributed by atoms with van der Waals surface area (Å²) in [7, 11) is 1.45. The Kier molecular flexibility index (Phi) is 13.0. The molecule has 2 heterocycles. The number of hydrogen-bond acceptors (Lipinski definition) is 7. The smallest absolute Gasteiger partial charge is 0.312 e. The van der Waals surface area contributed by atoms with Crippen LogP contribution in [0.3, 0.4) is 0 Å². The molecule has 59 heavy (non-hydrogen) atoms. The zero-order chi connectivity index (χ0) is 42.4. The highest BCUT2D eigenvalue weighted by Crippen LogP contribution is 2.77. The highest BCUT2D eigenvalue weighted by atomic mass is 16.5. The lowest BCUT2D eigenvalue weighted by atomic mass is 9.33. The Morgan fingerprint density at radius 1 is 0.932 bits per heavy atom. The van der Waals surface area contributed by atoms with Gasteiger partial charge < -0.3 is 29.6 Å². The van der Waals surface area contributed by atoms with Crippen LogP contribution in [0.15, 0.2) is 42.6 Å². The molecule has 2 unspecified atom stereocenters. The lowest BCUT2D eigenvalue weighted by Gasteiger charge is -2.71. The van der Waals surface area contributed by atoms with Crippen molar-refractivity contribution in [3.63, 3.8) is 0 Å². The standard InChI is InChI=1S/C51H78N2O6/c1-34(2)36-21-25-51(46(56)58-30-18-14-12-10-9-11-13-17-29-53-33-35(23-28-52)37-19-15-16-20-39(37)53)27-26-48(5)38(44(36)51)31-40(54)45-49(48,6)24-22-41-47(3,4)59-42(50(41,45)7)32-43(55)57-8/h15-16,19-20,33,36,38,40-42,44-45,54H,1,9-14,17-18,21-32,52H2,2-8H3/t36-,38+,40+,41?,42?,44+,45-,48+,49+,50+,51-/m0/s1. The summed E-state index contributed by atoms with van der Waals surface area (Å²) in [6.45, 7) is 20.4. The van der Waals surface area contributed by atoms with E-state index in [-0.39, 0.29) is 70.3 Å². The molecule has 2 aromatic rings. The second-order valence-corrected chi connectivity index (χ2v) is 21.2. The highest BCUT2D eigenvalue weighted by Gasteiger charge is 2.76. The fourth-order valence-corrected chi connectivity index (χ4v) is 15.1. The van der Waals surface area contributed by atoms with Crippen LogP contribution in [0.4, 0.5) is 0 Å². The minimum atomic E-state index is -0.559. The second-order valence-electron chi connectivity index (χ2n) is 21.2. The average Bonchev–Trinajstić information content (AvgIpc) is 3.82. The van der Waals surface area contributed by atoms with Gasteiger partial charge in [-0.25, -0.2) is 0 Å². The van der Waals surface area contributed by atoms with E-state index < -0.39 is 17.1 Å². The predicted octanol–water partition coefficient (Wildman–Crippen LogP) is 10.4. The number of ether oxygens (including phenoxy) is 3. The number of methoxy groups -OCH3 is 1. The summed E-state index contributed by atoms with van der Waals surface area (Å²) in [6, 6.07) is 8.68. The molecule has 0 bridgehead atoms. The molecule has 4 aliphatic carbocycles. The van der Waals surface area contributed by atoms with Gasteiger partial charge in [-0.2, -0.15) is 0 Å². The minimum Gasteiger partial charge on any atom is -0.469 e. The van der Waals surface area contributed by atoms with Crippen LogP contribution in [-0.2, 0) is 36.8 Å². The van der Waals surface area contributed by atoms with Gasteiger partial charge in [0, 0.05) is 29.1 Å². The largest absolute Gasteiger partial charge is 0.469 e. The van der Waals surface area contributed by atoms with Crippen molar-refractivity contribution >= 4 is 22.8 Å². The van der Waals surface area contributed by atoms with Gasteiger partial charge in [-0.05, 0) is 144 Å². The van der Waals surface area contributed by atoms with Crippen LogP contribution < -0.4 is 5.73 Å². The van der Waals surface area contributed by atoms with Crippen LogP contribution in [0.5, 0.6) is 0 Å². The van der Waals surface area contributed by atoms with Gasteiger partial charge in [0.25, 0.3) is 0 Å². The summed E-state index contributed by atoms with van der Waals surface area (Å²) in [6.07, 6.45) is 18.1. The van der Waals surface area contributed by atoms with Gasteiger partial charge in [-0.15, -0.1) is 0 Å². The summed E-state index contributed by atoms with van der Waals surface area (Å²) < 4.78 is 20.7. The summed E-state index contributed by atoms with van der Waals surface area (Å²) >= 11 is 0. The van der Waals surface area contributed by atoms with Crippen LogP contribution in [0.25, 0.3) is 10.9 Å². The Balaban J connectivity index is 0.936. The molecule has 0 amide bonds. The predicted molar refractivity (Wildman–Crippen MR) is 236 cm³/mol. The Labute approximate surface area is 355 Å². The van der Waals surface area contributed by atoms with Crippen molar-refractivity contribution in [2.24, 2.45) is 57.0 Å². The van der Waals surface area contributed by atoms with Crippen LogP contribution in [0.2, 0.25) is 0 Å². The second kappa shape index (κ2) is 17.2. The molecule has 1 aliphatic heterocycles. The molecule has 3 N–H and O–H groups in total. The molecular weight excluding hydrogens is 737 g/mol. The SMILES string of the molecule is C=C(C)[C@@H]1CC[C@]2(C(=O)OCCCCCCCCCCn3cc(CCN)c4ccccc43)CC[C@]3(C)[C@H](C[C@@H](O)[C@@H]4[C@@]5(C)C(CC(=O)OC)OC(C)(C)C5CC[C@]43C)[C@@H]12. The molecule has 11 atom stereocenters. The number of aliphatic hydroxyl groups is 1. The number of carbonyl (C=O) groups excluding carboxylic acids is 2. The Morgan fingerprint density at radius 2 is 1.63 bits per heavy atom. The van der Waals surface area contributed by atoms with Crippen LogP contribution >= 0.6 is 0 Å². The first kappa shape index (κ1) is 44.4. The molecule has 1 aromatic carbocycles. The first-order valence-electron chi connectivity index (χ1n) is 23.6. The number of fused-ring (bicyclic) bond motifs is 8. The molecular formula is C51H78N2O6. The van der Waals surface area contributed by atoms with Crippen molar-refractivity contribution in [1.29, 1.82) is 0 Å². The maximum absolute atomic E-state index is 14.5.